The van der Waals surface area contributed by atoms with E-state index in [0.29, 0.717) is 45.0 Å². The fourth-order valence-electron chi connectivity index (χ4n) is 7.68. The molecule has 0 unspecified atom stereocenters. The third-order valence-corrected chi connectivity index (χ3v) is 11.5. The lowest BCUT2D eigenvalue weighted by atomic mass is 9.91. The molecular weight excluding hydrogens is 697 g/mol. The van der Waals surface area contributed by atoms with Gasteiger partial charge in [0.15, 0.2) is 0 Å². The minimum absolute atomic E-state index is 0.0635. The summed E-state index contributed by atoms with van der Waals surface area (Å²) in [7, 11) is 0. The Morgan fingerprint density at radius 1 is 0.286 bits per heavy atom. The molecule has 0 aliphatic rings. The van der Waals surface area contributed by atoms with Crippen LogP contribution in [0.1, 0.15) is 278 Å². The van der Waals surface area contributed by atoms with Crippen molar-refractivity contribution in [3.05, 3.63) is 0 Å². The second-order valence-corrected chi connectivity index (χ2v) is 17.1. The molecule has 6 nitrogen and oxygen atoms in total. The number of hydrogen-bond donors (Lipinski definition) is 0. The van der Waals surface area contributed by atoms with Crippen LogP contribution in [0.15, 0.2) is 0 Å². The van der Waals surface area contributed by atoms with Crippen LogP contribution in [0.2, 0.25) is 0 Å². The molecule has 0 aromatic carbocycles. The molecule has 0 radical (unpaired) electrons. The molecule has 0 saturated heterocycles. The van der Waals surface area contributed by atoms with Crippen LogP contribution in [-0.2, 0) is 28.6 Å². The fourth-order valence-corrected chi connectivity index (χ4v) is 7.68. The van der Waals surface area contributed by atoms with Crippen molar-refractivity contribution in [2.24, 2.45) is 5.92 Å². The lowest BCUT2D eigenvalue weighted by Gasteiger charge is -2.16. The van der Waals surface area contributed by atoms with Gasteiger partial charge in [-0.25, -0.2) is 0 Å². The highest BCUT2D eigenvalue weighted by molar-refractivity contribution is 5.70. The molecule has 0 aliphatic heterocycles. The number of hydrogen-bond acceptors (Lipinski definition) is 6. The molecule has 0 bridgehead atoms. The van der Waals surface area contributed by atoms with Gasteiger partial charge in [-0.2, -0.15) is 0 Å². The first-order valence-electron chi connectivity index (χ1n) is 25.0. The maximum absolute atomic E-state index is 12.6. The van der Waals surface area contributed by atoms with Gasteiger partial charge in [-0.3, -0.25) is 14.4 Å². The summed E-state index contributed by atoms with van der Waals surface area (Å²) in [5.74, 6) is 0.0266. The average molecular weight is 793 g/mol. The van der Waals surface area contributed by atoms with E-state index in [-0.39, 0.29) is 17.9 Å². The first-order valence-corrected chi connectivity index (χ1v) is 25.0. The lowest BCUT2D eigenvalue weighted by Crippen LogP contribution is -2.12. The van der Waals surface area contributed by atoms with Gasteiger partial charge in [0.25, 0.3) is 0 Å². The predicted octanol–water partition coefficient (Wildman–Crippen LogP) is 15.9. The molecule has 0 amide bonds. The van der Waals surface area contributed by atoms with Crippen LogP contribution < -0.4 is 0 Å². The number of rotatable bonds is 46. The summed E-state index contributed by atoms with van der Waals surface area (Å²) >= 11 is 0. The highest BCUT2D eigenvalue weighted by Crippen LogP contribution is 2.23. The van der Waals surface area contributed by atoms with Crippen molar-refractivity contribution in [2.75, 3.05) is 19.8 Å². The Morgan fingerprint density at radius 3 is 0.857 bits per heavy atom. The molecule has 0 atom stereocenters. The highest BCUT2D eigenvalue weighted by atomic mass is 16.5. The predicted molar refractivity (Wildman–Crippen MR) is 238 cm³/mol. The molecule has 0 heterocycles. The van der Waals surface area contributed by atoms with E-state index in [1.165, 1.54) is 154 Å². The quantitative estimate of drug-likeness (QED) is 0.0347. The van der Waals surface area contributed by atoms with Gasteiger partial charge in [-0.05, 0) is 44.4 Å². The van der Waals surface area contributed by atoms with E-state index >= 15 is 0 Å². The van der Waals surface area contributed by atoms with E-state index in [9.17, 15) is 14.4 Å². The molecule has 0 N–H and O–H groups in total. The molecule has 6 heteroatoms. The van der Waals surface area contributed by atoms with E-state index in [1.54, 1.807) is 0 Å². The van der Waals surface area contributed by atoms with Crippen LogP contribution in [-0.4, -0.2) is 37.7 Å². The summed E-state index contributed by atoms with van der Waals surface area (Å²) in [6.45, 7) is 8.38. The Bertz CT molecular complexity index is 786. The van der Waals surface area contributed by atoms with Crippen LogP contribution in [0.3, 0.4) is 0 Å². The van der Waals surface area contributed by atoms with Gasteiger partial charge < -0.3 is 14.2 Å². The van der Waals surface area contributed by atoms with Crippen molar-refractivity contribution in [1.29, 1.82) is 0 Å². The van der Waals surface area contributed by atoms with E-state index in [2.05, 4.69) is 20.8 Å². The summed E-state index contributed by atoms with van der Waals surface area (Å²) in [5.41, 5.74) is 0. The largest absolute Gasteiger partial charge is 0.466 e. The summed E-state index contributed by atoms with van der Waals surface area (Å²) in [5, 5.41) is 0. The Labute approximate surface area is 348 Å². The number of unbranched alkanes of at least 4 members (excludes halogenated alkanes) is 30. The van der Waals surface area contributed by atoms with Crippen molar-refractivity contribution in [2.45, 2.75) is 278 Å². The van der Waals surface area contributed by atoms with Gasteiger partial charge in [0.1, 0.15) is 0 Å². The van der Waals surface area contributed by atoms with E-state index in [0.717, 1.165) is 83.5 Å². The summed E-state index contributed by atoms with van der Waals surface area (Å²) < 4.78 is 16.7. The first-order chi connectivity index (χ1) is 27.5. The molecule has 0 rings (SSSR count). The summed E-state index contributed by atoms with van der Waals surface area (Å²) in [6.07, 6.45) is 45.9. The number of ether oxygens (including phenoxy) is 3. The van der Waals surface area contributed by atoms with Gasteiger partial charge in [-0.1, -0.05) is 220 Å². The van der Waals surface area contributed by atoms with Gasteiger partial charge in [-0.15, -0.1) is 0 Å². The normalized spacial score (nSPS) is 11.4. The van der Waals surface area contributed by atoms with Gasteiger partial charge in [0.05, 0.1) is 19.8 Å². The van der Waals surface area contributed by atoms with Crippen LogP contribution in [0, 0.1) is 5.92 Å². The Morgan fingerprint density at radius 2 is 0.536 bits per heavy atom. The average Bonchev–Trinajstić information content (AvgIpc) is 3.20. The molecule has 56 heavy (non-hydrogen) atoms. The maximum atomic E-state index is 12.6. The van der Waals surface area contributed by atoms with Crippen LogP contribution in [0.25, 0.3) is 0 Å². The second kappa shape index (κ2) is 46.1. The Kier molecular flexibility index (Phi) is 44.8. The molecule has 0 saturated carbocycles. The SMILES string of the molecule is CCCCCCCCCCCCOC(=O)CCCCCCC(CCC(=O)OCCCCCCCCCCCC)CCC(=O)OCCCCCCCCCCCC. The monoisotopic (exact) mass is 793 g/mol. The van der Waals surface area contributed by atoms with Gasteiger partial charge in [0, 0.05) is 19.3 Å². The summed E-state index contributed by atoms with van der Waals surface area (Å²) in [6, 6.07) is 0. The highest BCUT2D eigenvalue weighted by Gasteiger charge is 2.15. The van der Waals surface area contributed by atoms with E-state index < -0.39 is 0 Å². The number of esters is 3. The lowest BCUT2D eigenvalue weighted by molar-refractivity contribution is -0.145. The number of carbonyl (C=O) groups is 3. The van der Waals surface area contributed by atoms with Crippen LogP contribution in [0.5, 0.6) is 0 Å². The Balaban J connectivity index is 4.25. The van der Waals surface area contributed by atoms with Gasteiger partial charge >= 0.3 is 17.9 Å². The molecule has 0 aromatic rings. The standard InChI is InChI=1S/C50H96O6/c1-4-7-10-13-16-19-22-25-30-35-44-54-48(51)39-34-29-28-33-38-47(40-42-49(52)55-45-36-31-26-23-20-17-14-11-8-5-2)41-43-50(53)56-46-37-32-27-24-21-18-15-12-9-6-3/h47H,4-46H2,1-3H3. The van der Waals surface area contributed by atoms with Crippen LogP contribution >= 0.6 is 0 Å². The van der Waals surface area contributed by atoms with E-state index in [4.69, 9.17) is 14.2 Å². The molecule has 0 aliphatic carbocycles. The topological polar surface area (TPSA) is 78.9 Å². The zero-order valence-corrected chi connectivity index (χ0v) is 37.9. The fraction of sp³-hybridized carbons (Fsp3) is 0.940. The number of carbonyl (C=O) groups excluding carboxylic acids is 3. The molecule has 0 aromatic heterocycles. The van der Waals surface area contributed by atoms with Crippen molar-refractivity contribution in [3.8, 4) is 0 Å². The van der Waals surface area contributed by atoms with Crippen molar-refractivity contribution < 1.29 is 28.6 Å². The molecule has 0 spiro atoms. The van der Waals surface area contributed by atoms with Crippen molar-refractivity contribution in [1.82, 2.24) is 0 Å². The summed E-state index contributed by atoms with van der Waals surface area (Å²) in [4.78, 5) is 37.4. The van der Waals surface area contributed by atoms with Gasteiger partial charge in [0.2, 0.25) is 0 Å². The Hall–Kier alpha value is -1.59. The first kappa shape index (κ1) is 54.4. The zero-order valence-electron chi connectivity index (χ0n) is 37.9. The molecule has 332 valence electrons. The third-order valence-electron chi connectivity index (χ3n) is 11.5. The second-order valence-electron chi connectivity index (χ2n) is 17.1. The van der Waals surface area contributed by atoms with Crippen molar-refractivity contribution in [3.63, 3.8) is 0 Å². The molecule has 0 fully saturated rings. The zero-order chi connectivity index (χ0) is 40.8. The smallest absolute Gasteiger partial charge is 0.305 e. The minimum Gasteiger partial charge on any atom is -0.466 e. The van der Waals surface area contributed by atoms with Crippen molar-refractivity contribution >= 4 is 17.9 Å². The van der Waals surface area contributed by atoms with Crippen LogP contribution in [0.4, 0.5) is 0 Å². The molecular formula is C50H96O6. The third kappa shape index (κ3) is 43.5. The van der Waals surface area contributed by atoms with E-state index in [1.807, 2.05) is 0 Å². The maximum Gasteiger partial charge on any atom is 0.305 e. The minimum atomic E-state index is -0.106.